The van der Waals surface area contributed by atoms with Gasteiger partial charge in [-0.3, -0.25) is 9.78 Å². The molecule has 3 aromatic rings. The Morgan fingerprint density at radius 1 is 1.24 bits per heavy atom. The van der Waals surface area contributed by atoms with Gasteiger partial charge in [0.25, 0.3) is 5.91 Å². The lowest BCUT2D eigenvalue weighted by Gasteiger charge is -2.31. The molecule has 8 nitrogen and oxygen atoms in total. The van der Waals surface area contributed by atoms with Crippen LogP contribution in [-0.4, -0.2) is 53.5 Å². The first-order valence-electron chi connectivity index (χ1n) is 12.7. The lowest BCUT2D eigenvalue weighted by atomic mass is 9.93. The summed E-state index contributed by atoms with van der Waals surface area (Å²) in [6, 6.07) is 5.37. The van der Waals surface area contributed by atoms with Crippen LogP contribution in [0.5, 0.6) is 5.75 Å². The van der Waals surface area contributed by atoms with Crippen molar-refractivity contribution < 1.29 is 9.53 Å². The summed E-state index contributed by atoms with van der Waals surface area (Å²) in [7, 11) is 5.38. The summed E-state index contributed by atoms with van der Waals surface area (Å²) >= 11 is 6.80. The summed E-state index contributed by atoms with van der Waals surface area (Å²) in [4.78, 5) is 29.2. The zero-order valence-corrected chi connectivity index (χ0v) is 23.6. The minimum Gasteiger partial charge on any atom is -0.493 e. The minimum atomic E-state index is -0.184. The van der Waals surface area contributed by atoms with Crippen molar-refractivity contribution in [2.24, 2.45) is 5.92 Å². The molecule has 0 spiro atoms. The van der Waals surface area contributed by atoms with Crippen molar-refractivity contribution in [3.8, 4) is 16.9 Å². The Kier molecular flexibility index (Phi) is 7.92. The molecule has 1 amide bonds. The Hall–Kier alpha value is -3.65. The maximum absolute atomic E-state index is 12.4. The van der Waals surface area contributed by atoms with Crippen LogP contribution in [0, 0.1) is 12.8 Å². The predicted octanol–water partition coefficient (Wildman–Crippen LogP) is 5.80. The summed E-state index contributed by atoms with van der Waals surface area (Å²) in [5.74, 6) is 2.12. The molecule has 9 heteroatoms. The van der Waals surface area contributed by atoms with Crippen molar-refractivity contribution in [3.05, 3.63) is 64.7 Å². The van der Waals surface area contributed by atoms with Gasteiger partial charge in [-0.25, -0.2) is 9.97 Å². The first-order valence-corrected chi connectivity index (χ1v) is 13.1. The van der Waals surface area contributed by atoms with Gasteiger partial charge in [-0.15, -0.1) is 0 Å². The summed E-state index contributed by atoms with van der Waals surface area (Å²) in [5, 5.41) is 0.608. The molecule has 1 aliphatic carbocycles. The molecule has 1 aromatic carbocycles. The Morgan fingerprint density at radius 2 is 1.95 bits per heavy atom. The molecule has 0 saturated heterocycles. The summed E-state index contributed by atoms with van der Waals surface area (Å²) in [6.45, 7) is 10.8. The number of carbonyl (C=O) groups is 1. The van der Waals surface area contributed by atoms with Gasteiger partial charge in [0.15, 0.2) is 0 Å². The highest BCUT2D eigenvalue weighted by molar-refractivity contribution is 6.32. The number of rotatable bonds is 9. The number of benzene rings is 1. The number of nitrogens with two attached hydrogens (primary N) is 1. The van der Waals surface area contributed by atoms with Crippen LogP contribution < -0.4 is 15.4 Å². The minimum absolute atomic E-state index is 0.159. The van der Waals surface area contributed by atoms with Gasteiger partial charge in [-0.1, -0.05) is 24.2 Å². The lowest BCUT2D eigenvalue weighted by Crippen LogP contribution is -2.25. The van der Waals surface area contributed by atoms with Crippen molar-refractivity contribution in [1.82, 2.24) is 19.9 Å². The highest BCUT2D eigenvalue weighted by Crippen LogP contribution is 2.47. The average molecular weight is 535 g/mol. The number of allylic oxidation sites excluding steroid dienone is 1. The first-order chi connectivity index (χ1) is 18.1. The lowest BCUT2D eigenvalue weighted by molar-refractivity contribution is 0.0822. The quantitative estimate of drug-likeness (QED) is 0.370. The molecule has 1 saturated carbocycles. The molecule has 38 heavy (non-hydrogen) atoms. The van der Waals surface area contributed by atoms with Crippen LogP contribution in [0.1, 0.15) is 59.9 Å². The molecule has 2 N–H and O–H groups in total. The summed E-state index contributed by atoms with van der Waals surface area (Å²) in [6.07, 6.45) is 5.38. The van der Waals surface area contributed by atoms with E-state index in [0.717, 1.165) is 52.0 Å². The molecule has 200 valence electrons. The van der Waals surface area contributed by atoms with Crippen molar-refractivity contribution in [2.45, 2.75) is 39.7 Å². The Balaban J connectivity index is 1.81. The van der Waals surface area contributed by atoms with E-state index in [1.54, 1.807) is 26.4 Å². The van der Waals surface area contributed by atoms with E-state index in [1.807, 2.05) is 33.0 Å². The number of hydrogen-bond donors (Lipinski definition) is 1. The van der Waals surface area contributed by atoms with Crippen LogP contribution in [0.25, 0.3) is 16.7 Å². The van der Waals surface area contributed by atoms with Crippen molar-refractivity contribution in [3.63, 3.8) is 0 Å². The van der Waals surface area contributed by atoms with E-state index in [4.69, 9.17) is 22.1 Å². The van der Waals surface area contributed by atoms with Crippen molar-refractivity contribution in [2.75, 3.05) is 38.4 Å². The third kappa shape index (κ3) is 5.18. The molecule has 1 unspecified atom stereocenters. The number of ether oxygens (including phenoxy) is 1. The van der Waals surface area contributed by atoms with Crippen LogP contribution in [0.2, 0.25) is 5.02 Å². The summed E-state index contributed by atoms with van der Waals surface area (Å²) in [5.41, 5.74) is 11.9. The zero-order valence-electron chi connectivity index (χ0n) is 22.9. The smallest absolute Gasteiger partial charge is 0.271 e. The highest BCUT2D eigenvalue weighted by atomic mass is 35.5. The highest BCUT2D eigenvalue weighted by Gasteiger charge is 2.31. The van der Waals surface area contributed by atoms with E-state index in [9.17, 15) is 4.79 Å². The van der Waals surface area contributed by atoms with E-state index >= 15 is 0 Å². The van der Waals surface area contributed by atoms with Crippen LogP contribution in [0.4, 0.5) is 11.6 Å². The molecule has 1 atom stereocenters. The monoisotopic (exact) mass is 534 g/mol. The van der Waals surface area contributed by atoms with Gasteiger partial charge < -0.3 is 20.3 Å². The summed E-state index contributed by atoms with van der Waals surface area (Å²) < 4.78 is 6.27. The second-order valence-electron chi connectivity index (χ2n) is 9.89. The molecule has 2 heterocycles. The number of nitrogen functional groups attached to an aromatic ring is 1. The van der Waals surface area contributed by atoms with Gasteiger partial charge in [0.1, 0.15) is 29.4 Å². The average Bonchev–Trinajstić information content (AvgIpc) is 3.75. The van der Waals surface area contributed by atoms with E-state index in [0.29, 0.717) is 34.8 Å². The van der Waals surface area contributed by atoms with Gasteiger partial charge in [-0.05, 0) is 62.8 Å². The Bertz CT molecular complexity index is 1370. The maximum Gasteiger partial charge on any atom is 0.271 e. The molecular formula is C29H35ClN6O2. The number of hydrogen-bond acceptors (Lipinski definition) is 7. The van der Waals surface area contributed by atoms with Gasteiger partial charge >= 0.3 is 0 Å². The SMILES string of the molecule is C=C(c1c(N)ncnc1N(C)C(C)c1cc(Cl)c(C)c(-c2ccc(C(=O)N(C)C)nc2)c1OCC)C1CC1. The topological polar surface area (TPSA) is 97.5 Å². The second kappa shape index (κ2) is 11.0. The number of nitrogens with zero attached hydrogens (tertiary/aromatic N) is 5. The molecule has 0 aliphatic heterocycles. The number of amides is 1. The predicted molar refractivity (Wildman–Crippen MR) is 154 cm³/mol. The molecule has 1 aliphatic rings. The van der Waals surface area contributed by atoms with Gasteiger partial charge in [0, 0.05) is 49.1 Å². The van der Waals surface area contributed by atoms with Gasteiger partial charge in [0.05, 0.1) is 18.2 Å². The number of carbonyl (C=O) groups excluding carboxylic acids is 1. The van der Waals surface area contributed by atoms with E-state index in [2.05, 4.69) is 33.4 Å². The van der Waals surface area contributed by atoms with E-state index in [1.165, 1.54) is 11.2 Å². The van der Waals surface area contributed by atoms with Gasteiger partial charge in [-0.2, -0.15) is 0 Å². The number of anilines is 2. The van der Waals surface area contributed by atoms with Crippen molar-refractivity contribution in [1.29, 1.82) is 0 Å². The Morgan fingerprint density at radius 3 is 2.53 bits per heavy atom. The first kappa shape index (κ1) is 27.4. The van der Waals surface area contributed by atoms with Crippen molar-refractivity contribution >= 4 is 34.7 Å². The molecule has 2 aromatic heterocycles. The molecule has 4 rings (SSSR count). The number of pyridine rings is 1. The Labute approximate surface area is 229 Å². The normalized spacial score (nSPS) is 13.7. The maximum atomic E-state index is 12.4. The fourth-order valence-corrected chi connectivity index (χ4v) is 4.80. The fourth-order valence-electron chi connectivity index (χ4n) is 4.59. The zero-order chi connectivity index (χ0) is 27.7. The van der Waals surface area contributed by atoms with E-state index < -0.39 is 0 Å². The van der Waals surface area contributed by atoms with Crippen LogP contribution in [0.15, 0.2) is 37.3 Å². The molecule has 1 fully saturated rings. The standard InChI is InChI=1S/C29H35ClN6O2/c1-8-38-26-21(18(4)36(7)28-25(16(2)19-9-10-19)27(31)33-15-34-28)13-22(30)17(3)24(26)20-11-12-23(32-14-20)29(37)35(5)6/h11-15,18-19H,2,8-10H2,1,3-7H3,(H2,31,33,34). The third-order valence-electron chi connectivity index (χ3n) is 7.08. The van der Waals surface area contributed by atoms with Crippen LogP contribution >= 0.6 is 11.6 Å². The molecule has 0 bridgehead atoms. The third-order valence-corrected chi connectivity index (χ3v) is 7.48. The van der Waals surface area contributed by atoms with E-state index in [-0.39, 0.29) is 11.9 Å². The largest absolute Gasteiger partial charge is 0.493 e. The number of aromatic nitrogens is 3. The molecular weight excluding hydrogens is 500 g/mol. The number of halogens is 1. The molecule has 0 radical (unpaired) electrons. The second-order valence-corrected chi connectivity index (χ2v) is 10.3. The van der Waals surface area contributed by atoms with Gasteiger partial charge in [0.2, 0.25) is 0 Å². The fraction of sp³-hybridized carbons (Fsp3) is 0.379. The van der Waals surface area contributed by atoms with Crippen LogP contribution in [0.3, 0.4) is 0 Å². The van der Waals surface area contributed by atoms with Crippen LogP contribution in [-0.2, 0) is 0 Å².